The van der Waals surface area contributed by atoms with E-state index in [1.165, 1.54) is 0 Å². The van der Waals surface area contributed by atoms with Crippen LogP contribution in [0.5, 0.6) is 0 Å². The Kier molecular flexibility index (Phi) is 5.37. The van der Waals surface area contributed by atoms with E-state index < -0.39 is 0 Å². The molecule has 2 rings (SSSR count). The second-order valence-electron chi connectivity index (χ2n) is 5.63. The zero-order valence-electron chi connectivity index (χ0n) is 12.8. The number of aromatic nitrogens is 1. The minimum absolute atomic E-state index is 0.458. The smallest absolute Gasteiger partial charge is 0.191 e. The van der Waals surface area contributed by atoms with Crippen LogP contribution in [0.15, 0.2) is 16.6 Å². The van der Waals surface area contributed by atoms with Gasteiger partial charge in [-0.1, -0.05) is 6.92 Å². The standard InChI is InChI=1S/C14H25N5S/c1-10(2)19-8-11(3)12(9-19)18-14(15-4)17-7-13-16-5-6-20-13/h5-6,10-12H,7-9H2,1-4H3,(H2,15,17,18). The number of nitrogens with zero attached hydrogens (tertiary/aromatic N) is 3. The summed E-state index contributed by atoms with van der Waals surface area (Å²) in [7, 11) is 1.82. The molecule has 1 aliphatic rings. The lowest BCUT2D eigenvalue weighted by molar-refractivity contribution is 0.265. The maximum Gasteiger partial charge on any atom is 0.191 e. The molecule has 5 nitrogen and oxygen atoms in total. The highest BCUT2D eigenvalue weighted by atomic mass is 32.1. The molecule has 0 spiro atoms. The molecule has 0 aromatic carbocycles. The van der Waals surface area contributed by atoms with Crippen LogP contribution in [0.2, 0.25) is 0 Å². The average Bonchev–Trinajstić information content (AvgIpc) is 3.04. The third-order valence-corrected chi connectivity index (χ3v) is 4.59. The summed E-state index contributed by atoms with van der Waals surface area (Å²) in [4.78, 5) is 11.1. The number of thiazole rings is 1. The lowest BCUT2D eigenvalue weighted by atomic mass is 10.1. The second kappa shape index (κ2) is 7.04. The van der Waals surface area contributed by atoms with E-state index in [4.69, 9.17) is 0 Å². The van der Waals surface area contributed by atoms with Crippen molar-refractivity contribution in [3.63, 3.8) is 0 Å². The summed E-state index contributed by atoms with van der Waals surface area (Å²) in [6, 6.07) is 1.06. The van der Waals surface area contributed by atoms with E-state index in [2.05, 4.69) is 46.3 Å². The van der Waals surface area contributed by atoms with Gasteiger partial charge < -0.3 is 10.6 Å². The van der Waals surface area contributed by atoms with Crippen LogP contribution >= 0.6 is 11.3 Å². The van der Waals surface area contributed by atoms with Crippen LogP contribution in [0.25, 0.3) is 0 Å². The first-order valence-corrected chi connectivity index (χ1v) is 8.07. The summed E-state index contributed by atoms with van der Waals surface area (Å²) in [5, 5.41) is 9.94. The van der Waals surface area contributed by atoms with Crippen LogP contribution in [0.1, 0.15) is 25.8 Å². The lowest BCUT2D eigenvalue weighted by Crippen LogP contribution is -2.46. The van der Waals surface area contributed by atoms with E-state index in [9.17, 15) is 0 Å². The highest BCUT2D eigenvalue weighted by Gasteiger charge is 2.31. The molecule has 0 amide bonds. The van der Waals surface area contributed by atoms with E-state index in [1.807, 2.05) is 18.6 Å². The molecular formula is C14H25N5S. The van der Waals surface area contributed by atoms with E-state index in [1.54, 1.807) is 11.3 Å². The summed E-state index contributed by atoms with van der Waals surface area (Å²) in [6.45, 7) is 9.77. The molecule has 2 atom stereocenters. The molecule has 20 heavy (non-hydrogen) atoms. The number of aliphatic imine (C=N–C) groups is 1. The van der Waals surface area contributed by atoms with Crippen molar-refractivity contribution in [3.05, 3.63) is 16.6 Å². The molecule has 2 heterocycles. The predicted molar refractivity (Wildman–Crippen MR) is 85.1 cm³/mol. The number of hydrogen-bond donors (Lipinski definition) is 2. The van der Waals surface area contributed by atoms with E-state index in [-0.39, 0.29) is 0 Å². The molecule has 112 valence electrons. The molecule has 2 N–H and O–H groups in total. The Bertz CT molecular complexity index is 429. The second-order valence-corrected chi connectivity index (χ2v) is 6.61. The van der Waals surface area contributed by atoms with Gasteiger partial charge in [0.1, 0.15) is 5.01 Å². The third-order valence-electron chi connectivity index (χ3n) is 3.81. The first kappa shape index (κ1) is 15.3. The van der Waals surface area contributed by atoms with Crippen molar-refractivity contribution in [2.24, 2.45) is 10.9 Å². The highest BCUT2D eigenvalue weighted by Crippen LogP contribution is 2.18. The molecule has 1 aromatic heterocycles. The molecule has 0 saturated carbocycles. The third kappa shape index (κ3) is 3.93. The monoisotopic (exact) mass is 295 g/mol. The van der Waals surface area contributed by atoms with Crippen LogP contribution in [0.4, 0.5) is 0 Å². The summed E-state index contributed by atoms with van der Waals surface area (Å²) < 4.78 is 0. The van der Waals surface area contributed by atoms with Gasteiger partial charge in [0.2, 0.25) is 0 Å². The number of guanidine groups is 1. The number of hydrogen-bond acceptors (Lipinski definition) is 4. The van der Waals surface area contributed by atoms with Crippen molar-refractivity contribution in [1.29, 1.82) is 0 Å². The summed E-state index contributed by atoms with van der Waals surface area (Å²) >= 11 is 1.66. The van der Waals surface area contributed by atoms with Gasteiger partial charge >= 0.3 is 0 Å². The van der Waals surface area contributed by atoms with E-state index in [0.29, 0.717) is 18.0 Å². The Morgan fingerprint density at radius 1 is 1.55 bits per heavy atom. The Balaban J connectivity index is 1.84. The number of nitrogens with one attached hydrogen (secondary N) is 2. The van der Waals surface area contributed by atoms with Gasteiger partial charge in [-0.25, -0.2) is 4.98 Å². The van der Waals surface area contributed by atoms with Gasteiger partial charge in [-0.05, 0) is 19.8 Å². The van der Waals surface area contributed by atoms with Gasteiger partial charge in [0, 0.05) is 43.8 Å². The zero-order valence-corrected chi connectivity index (χ0v) is 13.6. The number of rotatable bonds is 4. The van der Waals surface area contributed by atoms with Crippen molar-refractivity contribution in [2.45, 2.75) is 39.4 Å². The minimum Gasteiger partial charge on any atom is -0.352 e. The van der Waals surface area contributed by atoms with Crippen LogP contribution in [-0.2, 0) is 6.54 Å². The fraction of sp³-hybridized carbons (Fsp3) is 0.714. The van der Waals surface area contributed by atoms with E-state index in [0.717, 1.165) is 30.6 Å². The van der Waals surface area contributed by atoms with Crippen LogP contribution < -0.4 is 10.6 Å². The van der Waals surface area contributed by atoms with Gasteiger partial charge in [0.25, 0.3) is 0 Å². The number of likely N-dealkylation sites (tertiary alicyclic amines) is 1. The SMILES string of the molecule is CN=C(NCc1nccs1)NC1CN(C(C)C)CC1C. The maximum absolute atomic E-state index is 4.31. The molecule has 1 aromatic rings. The van der Waals surface area contributed by atoms with Crippen molar-refractivity contribution < 1.29 is 0 Å². The maximum atomic E-state index is 4.31. The van der Waals surface area contributed by atoms with Gasteiger partial charge in [0.15, 0.2) is 5.96 Å². The average molecular weight is 295 g/mol. The fourth-order valence-corrected chi connectivity index (χ4v) is 3.04. The van der Waals surface area contributed by atoms with Crippen molar-refractivity contribution in [2.75, 3.05) is 20.1 Å². The first-order chi connectivity index (χ1) is 9.60. The van der Waals surface area contributed by atoms with Crippen molar-refractivity contribution in [3.8, 4) is 0 Å². The van der Waals surface area contributed by atoms with Crippen LogP contribution in [0, 0.1) is 5.92 Å². The van der Waals surface area contributed by atoms with Crippen molar-refractivity contribution >= 4 is 17.3 Å². The van der Waals surface area contributed by atoms with Gasteiger partial charge in [-0.3, -0.25) is 9.89 Å². The molecule has 0 bridgehead atoms. The summed E-state index contributed by atoms with van der Waals surface area (Å²) in [5.74, 6) is 1.50. The lowest BCUT2D eigenvalue weighted by Gasteiger charge is -2.21. The zero-order chi connectivity index (χ0) is 14.5. The topological polar surface area (TPSA) is 52.6 Å². The van der Waals surface area contributed by atoms with Gasteiger partial charge in [-0.15, -0.1) is 11.3 Å². The molecule has 0 radical (unpaired) electrons. The van der Waals surface area contributed by atoms with Crippen molar-refractivity contribution in [1.82, 2.24) is 20.5 Å². The van der Waals surface area contributed by atoms with Gasteiger partial charge in [-0.2, -0.15) is 0 Å². The summed E-state index contributed by atoms with van der Waals surface area (Å²) in [6.07, 6.45) is 1.83. The molecular weight excluding hydrogens is 270 g/mol. The highest BCUT2D eigenvalue weighted by molar-refractivity contribution is 7.09. The Morgan fingerprint density at radius 2 is 2.35 bits per heavy atom. The molecule has 1 saturated heterocycles. The Labute approximate surface area is 125 Å². The normalized spacial score (nSPS) is 24.4. The summed E-state index contributed by atoms with van der Waals surface area (Å²) in [5.41, 5.74) is 0. The molecule has 6 heteroatoms. The quantitative estimate of drug-likeness (QED) is 0.653. The molecule has 1 fully saturated rings. The Morgan fingerprint density at radius 3 is 2.90 bits per heavy atom. The molecule has 1 aliphatic heterocycles. The van der Waals surface area contributed by atoms with Gasteiger partial charge in [0.05, 0.1) is 6.54 Å². The molecule has 2 unspecified atom stereocenters. The molecule has 0 aliphatic carbocycles. The van der Waals surface area contributed by atoms with Crippen LogP contribution in [0.3, 0.4) is 0 Å². The van der Waals surface area contributed by atoms with Crippen LogP contribution in [-0.4, -0.2) is 48.1 Å². The van der Waals surface area contributed by atoms with E-state index >= 15 is 0 Å². The largest absolute Gasteiger partial charge is 0.352 e. The minimum atomic E-state index is 0.458. The first-order valence-electron chi connectivity index (χ1n) is 7.19. The predicted octanol–water partition coefficient (Wildman–Crippen LogP) is 1.54. The fourth-order valence-electron chi connectivity index (χ4n) is 2.48. The Hall–Kier alpha value is -1.14.